The van der Waals surface area contributed by atoms with Crippen LogP contribution < -0.4 is 5.73 Å². The van der Waals surface area contributed by atoms with Crippen LogP contribution in [0.1, 0.15) is 25.5 Å². The molecule has 4 heteroatoms. The molecule has 0 spiro atoms. The van der Waals surface area contributed by atoms with Crippen molar-refractivity contribution in [1.29, 1.82) is 0 Å². The van der Waals surface area contributed by atoms with Gasteiger partial charge in [-0.05, 0) is 31.5 Å². The van der Waals surface area contributed by atoms with Gasteiger partial charge in [-0.1, -0.05) is 0 Å². The van der Waals surface area contributed by atoms with Gasteiger partial charge in [0.1, 0.15) is 0 Å². The molecule has 0 aliphatic rings. The highest BCUT2D eigenvalue weighted by Gasteiger charge is 2.36. The van der Waals surface area contributed by atoms with Crippen LogP contribution in [0.25, 0.3) is 0 Å². The molecule has 1 aromatic heterocycles. The van der Waals surface area contributed by atoms with Crippen molar-refractivity contribution in [3.63, 3.8) is 0 Å². The van der Waals surface area contributed by atoms with Gasteiger partial charge in [0.05, 0.1) is 12.5 Å². The largest absolute Gasteiger partial charge is 0.469 e. The Bertz CT molecular complexity index is 336. The Labute approximate surface area is 89.5 Å². The summed E-state index contributed by atoms with van der Waals surface area (Å²) in [6.45, 7) is 3.54. The average Bonchev–Trinajstić information content (AvgIpc) is 2.28. The minimum Gasteiger partial charge on any atom is -0.469 e. The summed E-state index contributed by atoms with van der Waals surface area (Å²) in [6, 6.07) is 3.21. The number of aromatic nitrogens is 1. The fourth-order valence-electron chi connectivity index (χ4n) is 1.38. The van der Waals surface area contributed by atoms with Gasteiger partial charge in [-0.25, -0.2) is 0 Å². The third-order valence-electron chi connectivity index (χ3n) is 2.55. The first-order chi connectivity index (χ1) is 7.00. The van der Waals surface area contributed by atoms with E-state index in [9.17, 15) is 4.79 Å². The number of carbonyl (C=O) groups is 1. The molecule has 1 atom stereocenters. The molecule has 4 nitrogen and oxygen atoms in total. The lowest BCUT2D eigenvalue weighted by Crippen LogP contribution is -2.37. The van der Waals surface area contributed by atoms with Crippen LogP contribution in [-0.4, -0.2) is 18.1 Å². The molecule has 0 radical (unpaired) electrons. The minimum atomic E-state index is -0.740. The van der Waals surface area contributed by atoms with Crippen LogP contribution in [0.3, 0.4) is 0 Å². The molecule has 1 aromatic rings. The van der Waals surface area contributed by atoms with E-state index in [4.69, 9.17) is 10.5 Å². The maximum Gasteiger partial charge on any atom is 0.313 e. The molecule has 2 N–H and O–H groups in total. The highest BCUT2D eigenvalue weighted by atomic mass is 16.5. The zero-order valence-corrected chi connectivity index (χ0v) is 9.23. The van der Waals surface area contributed by atoms with Gasteiger partial charge in [0.25, 0.3) is 0 Å². The Hall–Kier alpha value is -1.42. The van der Waals surface area contributed by atoms with E-state index < -0.39 is 11.5 Å². The van der Waals surface area contributed by atoms with Crippen LogP contribution in [-0.2, 0) is 9.53 Å². The van der Waals surface area contributed by atoms with Gasteiger partial charge >= 0.3 is 5.97 Å². The molecule has 0 fully saturated rings. The van der Waals surface area contributed by atoms with Crippen molar-refractivity contribution in [1.82, 2.24) is 4.98 Å². The first-order valence-corrected chi connectivity index (χ1v) is 4.74. The van der Waals surface area contributed by atoms with Gasteiger partial charge in [0.2, 0.25) is 0 Å². The first kappa shape index (κ1) is 11.7. The Kier molecular flexibility index (Phi) is 3.42. The van der Waals surface area contributed by atoms with E-state index in [-0.39, 0.29) is 5.97 Å². The van der Waals surface area contributed by atoms with Gasteiger partial charge in [-0.15, -0.1) is 0 Å². The predicted molar refractivity (Wildman–Crippen MR) is 57.0 cm³/mol. The van der Waals surface area contributed by atoms with Crippen molar-refractivity contribution in [2.45, 2.75) is 19.9 Å². The number of hydrogen-bond acceptors (Lipinski definition) is 4. The molecule has 82 valence electrons. The summed E-state index contributed by atoms with van der Waals surface area (Å²) >= 11 is 0. The normalized spacial score (nSPS) is 13.3. The van der Waals surface area contributed by atoms with Crippen LogP contribution in [0.5, 0.6) is 0 Å². The molecule has 1 unspecified atom stereocenters. The number of nitrogens with two attached hydrogens (primary N) is 1. The molecule has 15 heavy (non-hydrogen) atoms. The van der Waals surface area contributed by atoms with E-state index in [0.717, 1.165) is 5.56 Å². The first-order valence-electron chi connectivity index (χ1n) is 4.74. The summed E-state index contributed by atoms with van der Waals surface area (Å²) in [5, 5.41) is 0. The quantitative estimate of drug-likeness (QED) is 0.760. The van der Waals surface area contributed by atoms with Crippen LogP contribution in [0.4, 0.5) is 0 Å². The van der Waals surface area contributed by atoms with Crippen LogP contribution in [0.15, 0.2) is 24.5 Å². The summed E-state index contributed by atoms with van der Waals surface area (Å²) in [5.74, 6) is -0.313. The second-order valence-corrected chi connectivity index (χ2v) is 3.97. The van der Waals surface area contributed by atoms with E-state index in [0.29, 0.717) is 0 Å². The molecule has 0 aliphatic carbocycles. The number of carbonyl (C=O) groups excluding carboxylic acids is 1. The lowest BCUT2D eigenvalue weighted by molar-refractivity contribution is -0.152. The lowest BCUT2D eigenvalue weighted by Gasteiger charge is -2.28. The number of ether oxygens (including phenoxy) is 1. The Balaban J connectivity index is 2.94. The zero-order chi connectivity index (χ0) is 11.5. The van der Waals surface area contributed by atoms with Crippen molar-refractivity contribution in [3.05, 3.63) is 30.1 Å². The molecule has 0 aromatic carbocycles. The highest BCUT2D eigenvalue weighted by Crippen LogP contribution is 2.31. The van der Waals surface area contributed by atoms with Crippen molar-refractivity contribution in [2.75, 3.05) is 7.11 Å². The van der Waals surface area contributed by atoms with Gasteiger partial charge in [0.15, 0.2) is 0 Å². The third kappa shape index (κ3) is 2.33. The minimum absolute atomic E-state index is 0.313. The van der Waals surface area contributed by atoms with Crippen molar-refractivity contribution in [3.8, 4) is 0 Å². The summed E-state index contributed by atoms with van der Waals surface area (Å²) < 4.78 is 4.72. The molecular weight excluding hydrogens is 192 g/mol. The number of pyridine rings is 1. The molecule has 0 saturated heterocycles. The fraction of sp³-hybridized carbons (Fsp3) is 0.455. The summed E-state index contributed by atoms with van der Waals surface area (Å²) in [4.78, 5) is 15.4. The maximum absolute atomic E-state index is 11.5. The molecule has 0 amide bonds. The molecule has 0 bridgehead atoms. The van der Waals surface area contributed by atoms with E-state index >= 15 is 0 Å². The second-order valence-electron chi connectivity index (χ2n) is 3.97. The zero-order valence-electron chi connectivity index (χ0n) is 9.23. The monoisotopic (exact) mass is 208 g/mol. The van der Waals surface area contributed by atoms with Crippen LogP contribution in [0.2, 0.25) is 0 Å². The number of methoxy groups -OCH3 is 1. The van der Waals surface area contributed by atoms with Gasteiger partial charge < -0.3 is 10.5 Å². The Morgan fingerprint density at radius 2 is 2.00 bits per heavy atom. The maximum atomic E-state index is 11.5. The van der Waals surface area contributed by atoms with Crippen molar-refractivity contribution >= 4 is 5.97 Å². The number of hydrogen-bond donors (Lipinski definition) is 1. The van der Waals surface area contributed by atoms with Gasteiger partial charge in [0, 0.05) is 18.4 Å². The van der Waals surface area contributed by atoms with Crippen LogP contribution in [0, 0.1) is 5.41 Å². The topological polar surface area (TPSA) is 65.2 Å². The molecular formula is C11H16N2O2. The van der Waals surface area contributed by atoms with E-state index in [1.54, 1.807) is 38.4 Å². The van der Waals surface area contributed by atoms with E-state index in [1.807, 2.05) is 0 Å². The summed E-state index contributed by atoms with van der Waals surface area (Å²) in [5.41, 5.74) is 6.16. The molecule has 0 saturated carbocycles. The predicted octanol–water partition coefficient (Wildman–Crippen LogP) is 1.28. The van der Waals surface area contributed by atoms with Crippen molar-refractivity contribution < 1.29 is 9.53 Å². The standard InChI is InChI=1S/C11H16N2O2/c1-11(2,10(14)15-3)9(12)8-4-6-13-7-5-8/h4-7,9H,12H2,1-3H3. The van der Waals surface area contributed by atoms with Gasteiger partial charge in [-0.3, -0.25) is 9.78 Å². The second kappa shape index (κ2) is 4.40. The lowest BCUT2D eigenvalue weighted by atomic mass is 9.81. The number of esters is 1. The van der Waals surface area contributed by atoms with Gasteiger partial charge in [-0.2, -0.15) is 0 Å². The van der Waals surface area contributed by atoms with Crippen molar-refractivity contribution in [2.24, 2.45) is 11.1 Å². The SMILES string of the molecule is COC(=O)C(C)(C)C(N)c1ccncc1. The number of nitrogens with zero attached hydrogens (tertiary/aromatic N) is 1. The van der Waals surface area contributed by atoms with Crippen LogP contribution >= 0.6 is 0 Å². The third-order valence-corrected chi connectivity index (χ3v) is 2.55. The smallest absolute Gasteiger partial charge is 0.313 e. The Morgan fingerprint density at radius 3 is 2.47 bits per heavy atom. The number of rotatable bonds is 3. The molecule has 1 rings (SSSR count). The average molecular weight is 208 g/mol. The molecule has 1 heterocycles. The molecule has 0 aliphatic heterocycles. The van der Waals surface area contributed by atoms with E-state index in [1.165, 1.54) is 7.11 Å². The summed E-state index contributed by atoms with van der Waals surface area (Å²) in [6.07, 6.45) is 3.31. The van der Waals surface area contributed by atoms with E-state index in [2.05, 4.69) is 4.98 Å². The Morgan fingerprint density at radius 1 is 1.47 bits per heavy atom. The summed E-state index contributed by atoms with van der Waals surface area (Å²) in [7, 11) is 1.36. The highest BCUT2D eigenvalue weighted by molar-refractivity contribution is 5.77. The fourth-order valence-corrected chi connectivity index (χ4v) is 1.38.